The number of halogens is 2. The van der Waals surface area contributed by atoms with Crippen molar-refractivity contribution in [3.05, 3.63) is 52.3 Å². The van der Waals surface area contributed by atoms with Crippen LogP contribution >= 0.6 is 23.2 Å². The second-order valence-electron chi connectivity index (χ2n) is 5.36. The van der Waals surface area contributed by atoms with Crippen LogP contribution in [0, 0.1) is 0 Å². The molecule has 6 nitrogen and oxygen atoms in total. The smallest absolute Gasteiger partial charge is 0.289 e. The molecular weight excluding hydrogens is 337 g/mol. The summed E-state index contributed by atoms with van der Waals surface area (Å²) in [5.41, 5.74) is 2.08. The Hall–Kier alpha value is -2.18. The number of aromatic nitrogens is 4. The summed E-state index contributed by atoms with van der Waals surface area (Å²) in [5.74, 6) is 0.235. The van der Waals surface area contributed by atoms with Gasteiger partial charge in [-0.05, 0) is 12.1 Å². The first-order valence-corrected chi connectivity index (χ1v) is 7.79. The highest BCUT2D eigenvalue weighted by atomic mass is 35.5. The summed E-state index contributed by atoms with van der Waals surface area (Å²) < 4.78 is 0. The Morgan fingerprint density at radius 2 is 2.00 bits per heavy atom. The number of fused-ring (bicyclic) bond motifs is 1. The quantitative estimate of drug-likeness (QED) is 0.773. The lowest BCUT2D eigenvalue weighted by molar-refractivity contribution is 0.0587. The van der Waals surface area contributed by atoms with E-state index < -0.39 is 0 Å². The van der Waals surface area contributed by atoms with E-state index in [2.05, 4.69) is 19.9 Å². The van der Waals surface area contributed by atoms with E-state index in [1.807, 2.05) is 6.07 Å². The molecule has 4 rings (SSSR count). The van der Waals surface area contributed by atoms with Gasteiger partial charge in [0.1, 0.15) is 0 Å². The minimum absolute atomic E-state index is 0.105. The Morgan fingerprint density at radius 3 is 2.74 bits per heavy atom. The van der Waals surface area contributed by atoms with Crippen LogP contribution in [0.2, 0.25) is 10.2 Å². The maximum atomic E-state index is 12.5. The zero-order valence-electron chi connectivity index (χ0n) is 11.8. The van der Waals surface area contributed by atoms with Crippen LogP contribution in [0.5, 0.6) is 0 Å². The van der Waals surface area contributed by atoms with Crippen LogP contribution in [0.4, 0.5) is 0 Å². The molecule has 1 amide bonds. The molecule has 1 fully saturated rings. The molecule has 23 heavy (non-hydrogen) atoms. The predicted octanol–water partition coefficient (Wildman–Crippen LogP) is 2.90. The van der Waals surface area contributed by atoms with E-state index in [0.29, 0.717) is 34.3 Å². The third kappa shape index (κ3) is 2.44. The molecule has 8 heteroatoms. The molecule has 116 valence electrons. The number of H-pyrrole nitrogens is 1. The van der Waals surface area contributed by atoms with Gasteiger partial charge in [-0.2, -0.15) is 0 Å². The van der Waals surface area contributed by atoms with Crippen LogP contribution in [0.25, 0.3) is 11.0 Å². The molecule has 2 aromatic heterocycles. The number of rotatable bonds is 2. The number of aromatic amines is 1. The predicted molar refractivity (Wildman–Crippen MR) is 86.8 cm³/mol. The zero-order chi connectivity index (χ0) is 16.0. The summed E-state index contributed by atoms with van der Waals surface area (Å²) >= 11 is 12.1. The summed E-state index contributed by atoms with van der Waals surface area (Å²) in [6.45, 7) is 1.09. The fraction of sp³-hybridized carbons (Fsp3) is 0.200. The van der Waals surface area contributed by atoms with Crippen molar-refractivity contribution in [2.75, 3.05) is 13.1 Å². The first-order valence-electron chi connectivity index (χ1n) is 7.03. The molecule has 0 unspecified atom stereocenters. The van der Waals surface area contributed by atoms with Gasteiger partial charge in [-0.1, -0.05) is 29.3 Å². The number of amides is 1. The summed E-state index contributed by atoms with van der Waals surface area (Å²) in [6.07, 6.45) is 3.15. The van der Waals surface area contributed by atoms with Gasteiger partial charge in [-0.15, -0.1) is 0 Å². The SMILES string of the molecule is O=C(c1nc2cccc(Cl)c2[nH]1)N1CC(c2nccnc2Cl)C1. The zero-order valence-corrected chi connectivity index (χ0v) is 13.3. The first kappa shape index (κ1) is 14.4. The number of benzene rings is 1. The van der Waals surface area contributed by atoms with Crippen molar-refractivity contribution < 1.29 is 4.79 Å². The maximum absolute atomic E-state index is 12.5. The summed E-state index contributed by atoms with van der Waals surface area (Å²) in [4.78, 5) is 29.7. The summed E-state index contributed by atoms with van der Waals surface area (Å²) in [7, 11) is 0. The number of para-hydroxylation sites is 1. The summed E-state index contributed by atoms with van der Waals surface area (Å²) in [5, 5.41) is 0.932. The number of carbonyl (C=O) groups excluding carboxylic acids is 1. The lowest BCUT2D eigenvalue weighted by atomic mass is 9.96. The molecule has 0 atom stereocenters. The number of nitrogens with zero attached hydrogens (tertiary/aromatic N) is 4. The van der Waals surface area contributed by atoms with E-state index in [4.69, 9.17) is 23.2 Å². The molecule has 1 aliphatic rings. The normalized spacial score (nSPS) is 15.0. The largest absolute Gasteiger partial charge is 0.335 e. The lowest BCUT2D eigenvalue weighted by Gasteiger charge is -2.38. The third-order valence-electron chi connectivity index (χ3n) is 3.90. The number of hydrogen-bond donors (Lipinski definition) is 1. The Labute approximate surface area is 141 Å². The fourth-order valence-electron chi connectivity index (χ4n) is 2.67. The van der Waals surface area contributed by atoms with Crippen LogP contribution in [-0.2, 0) is 0 Å². The molecule has 0 aliphatic carbocycles. The minimum Gasteiger partial charge on any atom is -0.335 e. The number of likely N-dealkylation sites (tertiary alicyclic amines) is 1. The first-order chi connectivity index (χ1) is 11.1. The Morgan fingerprint density at radius 1 is 1.22 bits per heavy atom. The second-order valence-corrected chi connectivity index (χ2v) is 6.12. The molecule has 0 spiro atoms. The third-order valence-corrected chi connectivity index (χ3v) is 4.51. The Bertz CT molecular complexity index is 904. The van der Waals surface area contributed by atoms with E-state index >= 15 is 0 Å². The molecule has 1 N–H and O–H groups in total. The van der Waals surface area contributed by atoms with Gasteiger partial charge in [0.05, 0.1) is 21.7 Å². The number of imidazole rings is 1. The van der Waals surface area contributed by atoms with Crippen LogP contribution in [0.3, 0.4) is 0 Å². The van der Waals surface area contributed by atoms with Gasteiger partial charge in [0.25, 0.3) is 5.91 Å². The lowest BCUT2D eigenvalue weighted by Crippen LogP contribution is -2.49. The van der Waals surface area contributed by atoms with Crippen LogP contribution in [-0.4, -0.2) is 43.8 Å². The molecule has 3 heterocycles. The molecule has 1 aliphatic heterocycles. The van der Waals surface area contributed by atoms with Gasteiger partial charge >= 0.3 is 0 Å². The van der Waals surface area contributed by atoms with Gasteiger partial charge in [-0.3, -0.25) is 9.78 Å². The van der Waals surface area contributed by atoms with Crippen molar-refractivity contribution in [3.63, 3.8) is 0 Å². The van der Waals surface area contributed by atoms with Gasteiger partial charge in [0, 0.05) is 31.4 Å². The van der Waals surface area contributed by atoms with Crippen molar-refractivity contribution in [2.24, 2.45) is 0 Å². The van der Waals surface area contributed by atoms with E-state index in [0.717, 1.165) is 5.69 Å². The highest BCUT2D eigenvalue weighted by Crippen LogP contribution is 2.30. The number of carbonyl (C=O) groups is 1. The monoisotopic (exact) mass is 347 g/mol. The number of hydrogen-bond acceptors (Lipinski definition) is 4. The molecule has 0 bridgehead atoms. The van der Waals surface area contributed by atoms with Gasteiger partial charge in [0.15, 0.2) is 11.0 Å². The fourth-order valence-corrected chi connectivity index (χ4v) is 3.15. The van der Waals surface area contributed by atoms with Crippen LogP contribution < -0.4 is 0 Å². The van der Waals surface area contributed by atoms with Crippen molar-refractivity contribution in [3.8, 4) is 0 Å². The Balaban J connectivity index is 1.52. The Kier molecular flexibility index (Phi) is 3.43. The van der Waals surface area contributed by atoms with E-state index in [-0.39, 0.29) is 17.6 Å². The molecule has 0 radical (unpaired) electrons. The van der Waals surface area contributed by atoms with Gasteiger partial charge < -0.3 is 9.88 Å². The van der Waals surface area contributed by atoms with E-state index in [1.54, 1.807) is 29.4 Å². The van der Waals surface area contributed by atoms with E-state index in [1.165, 1.54) is 0 Å². The van der Waals surface area contributed by atoms with Crippen LogP contribution in [0.15, 0.2) is 30.6 Å². The standard InChI is InChI=1S/C15H11Cl2N5O/c16-9-2-1-3-10-12(9)21-14(20-10)15(23)22-6-8(7-22)11-13(17)19-5-4-18-11/h1-5,8H,6-7H2,(H,20,21). The topological polar surface area (TPSA) is 74.8 Å². The van der Waals surface area contributed by atoms with Crippen molar-refractivity contribution in [1.29, 1.82) is 0 Å². The maximum Gasteiger partial charge on any atom is 0.289 e. The molecule has 1 saturated heterocycles. The highest BCUT2D eigenvalue weighted by Gasteiger charge is 2.35. The molecule has 3 aromatic rings. The second kappa shape index (κ2) is 5.47. The molecular formula is C15H11Cl2N5O. The van der Waals surface area contributed by atoms with Crippen molar-refractivity contribution in [2.45, 2.75) is 5.92 Å². The van der Waals surface area contributed by atoms with E-state index in [9.17, 15) is 4.79 Å². The summed E-state index contributed by atoms with van der Waals surface area (Å²) in [6, 6.07) is 5.37. The molecule has 1 aromatic carbocycles. The van der Waals surface area contributed by atoms with Crippen molar-refractivity contribution in [1.82, 2.24) is 24.8 Å². The number of nitrogens with one attached hydrogen (secondary N) is 1. The van der Waals surface area contributed by atoms with Crippen LogP contribution in [0.1, 0.15) is 22.2 Å². The molecule has 0 saturated carbocycles. The van der Waals surface area contributed by atoms with Gasteiger partial charge in [-0.25, -0.2) is 9.97 Å². The average Bonchev–Trinajstić information content (AvgIpc) is 2.93. The average molecular weight is 348 g/mol. The highest BCUT2D eigenvalue weighted by molar-refractivity contribution is 6.35. The minimum atomic E-state index is -0.159. The van der Waals surface area contributed by atoms with Gasteiger partial charge in [0.2, 0.25) is 0 Å². The van der Waals surface area contributed by atoms with Crippen molar-refractivity contribution >= 4 is 40.1 Å².